The van der Waals surface area contributed by atoms with Crippen molar-refractivity contribution in [2.75, 3.05) is 13.2 Å². The van der Waals surface area contributed by atoms with Crippen molar-refractivity contribution in [1.29, 1.82) is 0 Å². The maximum absolute atomic E-state index is 11.0. The summed E-state index contributed by atoms with van der Waals surface area (Å²) in [7, 11) is 0. The molecule has 3 aliphatic rings. The minimum absolute atomic E-state index is 0.115. The van der Waals surface area contributed by atoms with E-state index in [-0.39, 0.29) is 13.0 Å². The van der Waals surface area contributed by atoms with Gasteiger partial charge in [-0.25, -0.2) is 0 Å². The third kappa shape index (κ3) is 5.32. The quantitative estimate of drug-likeness (QED) is 0.167. The molecule has 6 unspecified atom stereocenters. The zero-order valence-corrected chi connectivity index (χ0v) is 18.0. The van der Waals surface area contributed by atoms with Crippen LogP contribution in [0.3, 0.4) is 0 Å². The predicted molar refractivity (Wildman–Crippen MR) is 110 cm³/mol. The Morgan fingerprint density at radius 1 is 0.667 bits per heavy atom. The molecule has 15 heteroatoms. The van der Waals surface area contributed by atoms with E-state index in [4.69, 9.17) is 47.6 Å². The van der Waals surface area contributed by atoms with Gasteiger partial charge < -0.3 is 78.3 Å². The van der Waals surface area contributed by atoms with E-state index in [1.807, 2.05) is 0 Å². The Hall–Kier alpha value is -0.600. The smallest absolute Gasteiger partial charge is 0.186 e. The molecule has 0 aromatic heterocycles. The van der Waals surface area contributed by atoms with E-state index in [0.29, 0.717) is 0 Å². The third-order valence-corrected chi connectivity index (χ3v) is 6.56. The lowest BCUT2D eigenvalue weighted by atomic mass is 9.84. The summed E-state index contributed by atoms with van der Waals surface area (Å²) in [5.41, 5.74) is 29.6. The highest BCUT2D eigenvalue weighted by atomic mass is 16.7. The Morgan fingerprint density at radius 2 is 1.21 bits per heavy atom. The van der Waals surface area contributed by atoms with Crippen molar-refractivity contribution < 1.29 is 49.6 Å². The summed E-state index contributed by atoms with van der Waals surface area (Å²) in [6.07, 6.45) is -13.9. The second kappa shape index (κ2) is 11.0. The van der Waals surface area contributed by atoms with Gasteiger partial charge in [0.25, 0.3) is 0 Å². The summed E-state index contributed by atoms with van der Waals surface area (Å²) in [4.78, 5) is 0. The first-order valence-electron chi connectivity index (χ1n) is 10.9. The van der Waals surface area contributed by atoms with Gasteiger partial charge in [-0.3, -0.25) is 0 Å². The largest absolute Gasteiger partial charge is 0.394 e. The molecule has 0 bridgehead atoms. The van der Waals surface area contributed by atoms with Gasteiger partial charge in [-0.05, 0) is 6.42 Å². The molecule has 0 aromatic rings. The van der Waals surface area contributed by atoms with Crippen LogP contribution in [0.15, 0.2) is 0 Å². The first-order valence-corrected chi connectivity index (χ1v) is 10.9. The summed E-state index contributed by atoms with van der Waals surface area (Å²) in [6, 6.07) is -3.92. The van der Waals surface area contributed by atoms with Crippen molar-refractivity contribution in [2.24, 2.45) is 28.7 Å². The Labute approximate surface area is 190 Å². The first kappa shape index (κ1) is 27.0. The minimum Gasteiger partial charge on any atom is -0.394 e. The molecular weight excluding hydrogens is 446 g/mol. The molecule has 3 rings (SSSR count). The van der Waals surface area contributed by atoms with Gasteiger partial charge in [-0.15, -0.1) is 0 Å². The van der Waals surface area contributed by atoms with Gasteiger partial charge >= 0.3 is 0 Å². The number of hydrogen-bond acceptors (Lipinski definition) is 15. The lowest BCUT2D eigenvalue weighted by Crippen LogP contribution is -2.69. The highest BCUT2D eigenvalue weighted by molar-refractivity contribution is 5.01. The fourth-order valence-electron chi connectivity index (χ4n) is 4.45. The monoisotopic (exact) mass is 483 g/mol. The molecule has 1 saturated carbocycles. The molecule has 0 aromatic carbocycles. The number of rotatable bonds is 6. The fraction of sp³-hybridized carbons (Fsp3) is 1.00. The standard InChI is InChI=1S/C18H37N5O10/c19-2-6-11(26)12(27)9(23)17(30-6)32-15-4(20)1-5(21)16(14(15)29)33-18-13(28)8(22)10(25)7(3-24)31-18/h4-18,24-29H,1-3,19-23H2/t4?,5-,6?,7-,8?,9?,10-,11-,12-,13-,14?,15-,16-,17-,18?/m1/s1. The molecule has 3 fully saturated rings. The van der Waals surface area contributed by atoms with E-state index in [9.17, 15) is 30.6 Å². The van der Waals surface area contributed by atoms with Gasteiger partial charge in [0.2, 0.25) is 0 Å². The van der Waals surface area contributed by atoms with Gasteiger partial charge in [0.15, 0.2) is 12.6 Å². The molecule has 0 radical (unpaired) electrons. The van der Waals surface area contributed by atoms with Crippen LogP contribution in [-0.2, 0) is 18.9 Å². The van der Waals surface area contributed by atoms with E-state index in [1.165, 1.54) is 0 Å². The van der Waals surface area contributed by atoms with Crippen LogP contribution in [0.25, 0.3) is 0 Å². The molecule has 33 heavy (non-hydrogen) atoms. The Bertz CT molecular complexity index is 585. The van der Waals surface area contributed by atoms with Crippen LogP contribution < -0.4 is 28.7 Å². The fourth-order valence-corrected chi connectivity index (χ4v) is 4.45. The second-order valence-corrected chi connectivity index (χ2v) is 8.88. The molecule has 15 nitrogen and oxygen atoms in total. The lowest BCUT2D eigenvalue weighted by Gasteiger charge is -2.48. The summed E-state index contributed by atoms with van der Waals surface area (Å²) in [5, 5.41) is 60.9. The van der Waals surface area contributed by atoms with Crippen LogP contribution >= 0.6 is 0 Å². The average molecular weight is 484 g/mol. The van der Waals surface area contributed by atoms with Crippen molar-refractivity contribution in [3.8, 4) is 0 Å². The Kier molecular flexibility index (Phi) is 8.99. The van der Waals surface area contributed by atoms with Gasteiger partial charge in [0.1, 0.15) is 54.9 Å². The minimum atomic E-state index is -1.48. The van der Waals surface area contributed by atoms with Crippen LogP contribution in [0.1, 0.15) is 6.42 Å². The van der Waals surface area contributed by atoms with Crippen molar-refractivity contribution in [1.82, 2.24) is 0 Å². The van der Waals surface area contributed by atoms with Crippen molar-refractivity contribution in [3.05, 3.63) is 0 Å². The lowest BCUT2D eigenvalue weighted by molar-refractivity contribution is -0.318. The zero-order valence-electron chi connectivity index (χ0n) is 18.0. The number of aliphatic hydroxyl groups is 6. The number of nitrogens with two attached hydrogens (primary N) is 5. The maximum Gasteiger partial charge on any atom is 0.186 e. The molecule has 2 heterocycles. The van der Waals surface area contributed by atoms with Gasteiger partial charge in [0.05, 0.1) is 18.7 Å². The molecule has 1 aliphatic carbocycles. The van der Waals surface area contributed by atoms with E-state index in [1.54, 1.807) is 0 Å². The van der Waals surface area contributed by atoms with E-state index in [2.05, 4.69) is 0 Å². The zero-order chi connectivity index (χ0) is 24.6. The highest BCUT2D eigenvalue weighted by Crippen LogP contribution is 2.30. The van der Waals surface area contributed by atoms with Crippen molar-refractivity contribution in [2.45, 2.75) is 98.1 Å². The molecule has 16 N–H and O–H groups in total. The van der Waals surface area contributed by atoms with Crippen LogP contribution in [0.2, 0.25) is 0 Å². The number of ether oxygens (including phenoxy) is 4. The topological polar surface area (TPSA) is 288 Å². The molecule has 2 aliphatic heterocycles. The van der Waals surface area contributed by atoms with Gasteiger partial charge in [0, 0.05) is 18.6 Å². The normalized spacial score (nSPS) is 53.7. The molecule has 194 valence electrons. The SMILES string of the molecule is NCC1O[C@H](O[C@@H]2C(N)C[C@@H](N)[C@@H](OC3O[C@H](CO)[C@@H](O)C(N)[C@H]3O)C2O)C(N)[C@@H](O)[C@@H]1O. The third-order valence-electron chi connectivity index (χ3n) is 6.56. The van der Waals surface area contributed by atoms with Crippen LogP contribution in [0.5, 0.6) is 0 Å². The highest BCUT2D eigenvalue weighted by Gasteiger charge is 2.51. The van der Waals surface area contributed by atoms with Gasteiger partial charge in [-0.2, -0.15) is 0 Å². The predicted octanol–water partition coefficient (Wildman–Crippen LogP) is -7.33. The van der Waals surface area contributed by atoms with Crippen LogP contribution in [0.4, 0.5) is 0 Å². The maximum atomic E-state index is 11.0. The van der Waals surface area contributed by atoms with Crippen molar-refractivity contribution >= 4 is 0 Å². The van der Waals surface area contributed by atoms with Crippen molar-refractivity contribution in [3.63, 3.8) is 0 Å². The van der Waals surface area contributed by atoms with Crippen LogP contribution in [-0.4, -0.2) is 135 Å². The summed E-state index contributed by atoms with van der Waals surface area (Å²) >= 11 is 0. The second-order valence-electron chi connectivity index (χ2n) is 8.88. The Morgan fingerprint density at radius 3 is 1.76 bits per heavy atom. The number of hydrogen-bond donors (Lipinski definition) is 11. The van der Waals surface area contributed by atoms with Crippen LogP contribution in [0, 0.1) is 0 Å². The molecule has 0 spiro atoms. The van der Waals surface area contributed by atoms with Gasteiger partial charge in [-0.1, -0.05) is 0 Å². The molecule has 0 amide bonds. The van der Waals surface area contributed by atoms with E-state index >= 15 is 0 Å². The summed E-state index contributed by atoms with van der Waals surface area (Å²) in [5.74, 6) is 0. The molecular formula is C18H37N5O10. The summed E-state index contributed by atoms with van der Waals surface area (Å²) < 4.78 is 22.5. The molecule has 2 saturated heterocycles. The number of aliphatic hydroxyl groups excluding tert-OH is 6. The first-order chi connectivity index (χ1) is 15.5. The average Bonchev–Trinajstić information content (AvgIpc) is 2.79. The summed E-state index contributed by atoms with van der Waals surface area (Å²) in [6.45, 7) is -0.694. The Balaban J connectivity index is 1.72. The molecule has 15 atom stereocenters. The van der Waals surface area contributed by atoms with E-state index in [0.717, 1.165) is 0 Å². The van der Waals surface area contributed by atoms with E-state index < -0.39 is 98.3 Å².